The number of aliphatic hydroxyl groups is 1. The zero-order valence-electron chi connectivity index (χ0n) is 11.6. The van der Waals surface area contributed by atoms with Crippen molar-refractivity contribution in [3.05, 3.63) is 21.9 Å². The van der Waals surface area contributed by atoms with E-state index in [9.17, 15) is 9.90 Å². The minimum absolute atomic E-state index is 0.0963. The van der Waals surface area contributed by atoms with E-state index in [1.54, 1.807) is 18.7 Å². The van der Waals surface area contributed by atoms with E-state index in [-0.39, 0.29) is 12.5 Å². The van der Waals surface area contributed by atoms with E-state index < -0.39 is 5.60 Å². The molecule has 1 heterocycles. The molecule has 104 valence electrons. The van der Waals surface area contributed by atoms with Crippen LogP contribution in [0.1, 0.15) is 36.0 Å². The highest BCUT2D eigenvalue weighted by atomic mass is 32.1. The molecule has 1 rings (SSSR count). The Morgan fingerprint density at radius 1 is 1.58 bits per heavy atom. The summed E-state index contributed by atoms with van der Waals surface area (Å²) < 4.78 is 0. The fraction of sp³-hybridized carbons (Fsp3) is 0.500. The summed E-state index contributed by atoms with van der Waals surface area (Å²) in [6, 6.07) is 1.82. The van der Waals surface area contributed by atoms with Crippen LogP contribution < -0.4 is 5.73 Å². The third kappa shape index (κ3) is 4.67. The normalized spacial score (nSPS) is 10.8. The Labute approximate surface area is 118 Å². The first-order chi connectivity index (χ1) is 8.89. The minimum Gasteiger partial charge on any atom is -0.389 e. The van der Waals surface area contributed by atoms with E-state index in [1.165, 1.54) is 11.3 Å². The molecule has 5 heteroatoms. The second kappa shape index (κ2) is 6.71. The van der Waals surface area contributed by atoms with Gasteiger partial charge in [-0.05, 0) is 32.2 Å². The van der Waals surface area contributed by atoms with Crippen LogP contribution in [-0.4, -0.2) is 41.1 Å². The standard InChI is InChI=1S/C14H20N2O2S/c1-4-16(10-14(2,3)18)13(17)12-11(6-5-8-15)7-9-19-12/h7,9,18H,4,8,10,15H2,1-3H3. The Kier molecular flexibility index (Phi) is 5.55. The van der Waals surface area contributed by atoms with Gasteiger partial charge in [0.1, 0.15) is 4.88 Å². The summed E-state index contributed by atoms with van der Waals surface area (Å²) >= 11 is 1.36. The second-order valence-corrected chi connectivity index (χ2v) is 5.72. The maximum absolute atomic E-state index is 12.4. The van der Waals surface area contributed by atoms with E-state index >= 15 is 0 Å². The lowest BCUT2D eigenvalue weighted by atomic mass is 10.1. The molecule has 3 N–H and O–H groups in total. The van der Waals surface area contributed by atoms with E-state index in [0.717, 1.165) is 0 Å². The first-order valence-corrected chi connectivity index (χ1v) is 7.05. The zero-order valence-corrected chi connectivity index (χ0v) is 12.4. The molecular formula is C14H20N2O2S. The number of rotatable bonds is 4. The number of thiophene rings is 1. The number of nitrogens with zero attached hydrogens (tertiary/aromatic N) is 1. The van der Waals surface area contributed by atoms with Gasteiger partial charge in [0.15, 0.2) is 0 Å². The van der Waals surface area contributed by atoms with Gasteiger partial charge in [0.2, 0.25) is 0 Å². The van der Waals surface area contributed by atoms with Crippen LogP contribution >= 0.6 is 11.3 Å². The first kappa shape index (κ1) is 15.7. The van der Waals surface area contributed by atoms with Crippen LogP contribution in [0.2, 0.25) is 0 Å². The van der Waals surface area contributed by atoms with E-state index in [0.29, 0.717) is 23.5 Å². The number of hydrogen-bond acceptors (Lipinski definition) is 4. The molecule has 0 aliphatic carbocycles. The van der Waals surface area contributed by atoms with Crippen molar-refractivity contribution in [2.75, 3.05) is 19.6 Å². The minimum atomic E-state index is -0.911. The molecule has 0 fully saturated rings. The molecule has 0 spiro atoms. The SMILES string of the molecule is CCN(CC(C)(C)O)C(=O)c1sccc1C#CCN. The van der Waals surface area contributed by atoms with Gasteiger partial charge in [0.05, 0.1) is 12.1 Å². The van der Waals surface area contributed by atoms with Gasteiger partial charge in [-0.15, -0.1) is 11.3 Å². The van der Waals surface area contributed by atoms with Gasteiger partial charge < -0.3 is 15.7 Å². The molecule has 0 aromatic carbocycles. The predicted molar refractivity (Wildman–Crippen MR) is 78.1 cm³/mol. The average molecular weight is 280 g/mol. The molecule has 0 saturated heterocycles. The molecule has 0 atom stereocenters. The zero-order chi connectivity index (χ0) is 14.5. The van der Waals surface area contributed by atoms with Gasteiger partial charge in [-0.3, -0.25) is 4.79 Å². The fourth-order valence-corrected chi connectivity index (χ4v) is 2.47. The number of carbonyl (C=O) groups excluding carboxylic acids is 1. The van der Waals surface area contributed by atoms with Gasteiger partial charge in [-0.25, -0.2) is 0 Å². The molecule has 4 nitrogen and oxygen atoms in total. The monoisotopic (exact) mass is 280 g/mol. The number of nitrogens with two attached hydrogens (primary N) is 1. The van der Waals surface area contributed by atoms with Gasteiger partial charge >= 0.3 is 0 Å². The average Bonchev–Trinajstić information content (AvgIpc) is 2.79. The number of carbonyl (C=O) groups is 1. The van der Waals surface area contributed by atoms with Crippen LogP contribution in [0, 0.1) is 11.8 Å². The molecule has 1 aromatic rings. The van der Waals surface area contributed by atoms with Crippen LogP contribution in [0.25, 0.3) is 0 Å². The van der Waals surface area contributed by atoms with Crippen molar-refractivity contribution in [3.63, 3.8) is 0 Å². The molecule has 1 amide bonds. The third-order valence-corrected chi connectivity index (χ3v) is 3.33. The van der Waals surface area contributed by atoms with Crippen molar-refractivity contribution in [2.24, 2.45) is 5.73 Å². The number of likely N-dealkylation sites (N-methyl/N-ethyl adjacent to an activating group) is 1. The van der Waals surface area contributed by atoms with Crippen LogP contribution in [-0.2, 0) is 0 Å². The predicted octanol–water partition coefficient (Wildman–Crippen LogP) is 1.29. The van der Waals surface area contributed by atoms with Gasteiger partial charge in [-0.1, -0.05) is 11.8 Å². The van der Waals surface area contributed by atoms with Crippen molar-refractivity contribution in [1.82, 2.24) is 4.90 Å². The smallest absolute Gasteiger partial charge is 0.265 e. The molecule has 0 aliphatic heterocycles. The Morgan fingerprint density at radius 2 is 2.26 bits per heavy atom. The highest BCUT2D eigenvalue weighted by Crippen LogP contribution is 2.19. The largest absolute Gasteiger partial charge is 0.389 e. The molecule has 0 unspecified atom stereocenters. The molecule has 0 bridgehead atoms. The third-order valence-electron chi connectivity index (χ3n) is 2.43. The topological polar surface area (TPSA) is 66.6 Å². The summed E-state index contributed by atoms with van der Waals surface area (Å²) in [6.45, 7) is 6.38. The van der Waals surface area contributed by atoms with Crippen molar-refractivity contribution >= 4 is 17.2 Å². The van der Waals surface area contributed by atoms with Gasteiger partial charge in [-0.2, -0.15) is 0 Å². The molecule has 0 radical (unpaired) electrons. The fourth-order valence-electron chi connectivity index (χ4n) is 1.66. The van der Waals surface area contributed by atoms with Crippen molar-refractivity contribution in [3.8, 4) is 11.8 Å². The second-order valence-electron chi connectivity index (χ2n) is 4.80. The molecule has 0 saturated carbocycles. The molecule has 0 aliphatic rings. The maximum Gasteiger partial charge on any atom is 0.265 e. The summed E-state index contributed by atoms with van der Waals surface area (Å²) in [5.74, 6) is 5.56. The van der Waals surface area contributed by atoms with Crippen LogP contribution in [0.5, 0.6) is 0 Å². The van der Waals surface area contributed by atoms with Crippen molar-refractivity contribution in [1.29, 1.82) is 0 Å². The van der Waals surface area contributed by atoms with Crippen molar-refractivity contribution < 1.29 is 9.90 Å². The van der Waals surface area contributed by atoms with E-state index in [4.69, 9.17) is 5.73 Å². The summed E-state index contributed by atoms with van der Waals surface area (Å²) in [5.41, 5.74) is 5.13. The summed E-state index contributed by atoms with van der Waals surface area (Å²) in [4.78, 5) is 14.7. The Balaban J connectivity index is 2.95. The van der Waals surface area contributed by atoms with Crippen molar-refractivity contribution in [2.45, 2.75) is 26.4 Å². The van der Waals surface area contributed by atoms with Crippen LogP contribution in [0.3, 0.4) is 0 Å². The maximum atomic E-state index is 12.4. The molecule has 19 heavy (non-hydrogen) atoms. The van der Waals surface area contributed by atoms with Crippen LogP contribution in [0.4, 0.5) is 0 Å². The Bertz CT molecular complexity index is 492. The molecular weight excluding hydrogens is 260 g/mol. The highest BCUT2D eigenvalue weighted by Gasteiger charge is 2.24. The lowest BCUT2D eigenvalue weighted by molar-refractivity contribution is 0.0317. The first-order valence-electron chi connectivity index (χ1n) is 6.17. The summed E-state index contributed by atoms with van der Waals surface area (Å²) in [6.07, 6.45) is 0. The van der Waals surface area contributed by atoms with Crippen LogP contribution in [0.15, 0.2) is 11.4 Å². The summed E-state index contributed by atoms with van der Waals surface area (Å²) in [5, 5.41) is 11.7. The number of hydrogen-bond donors (Lipinski definition) is 2. The molecule has 1 aromatic heterocycles. The van der Waals surface area contributed by atoms with Gasteiger partial charge in [0.25, 0.3) is 5.91 Å². The lowest BCUT2D eigenvalue weighted by Crippen LogP contribution is -2.42. The summed E-state index contributed by atoms with van der Waals surface area (Å²) in [7, 11) is 0. The highest BCUT2D eigenvalue weighted by molar-refractivity contribution is 7.12. The Morgan fingerprint density at radius 3 is 2.79 bits per heavy atom. The quantitative estimate of drug-likeness (QED) is 0.817. The van der Waals surface area contributed by atoms with E-state index in [2.05, 4.69) is 11.8 Å². The van der Waals surface area contributed by atoms with Gasteiger partial charge in [0, 0.05) is 18.7 Å². The number of amides is 1. The Hall–Kier alpha value is -1.35. The lowest BCUT2D eigenvalue weighted by Gasteiger charge is -2.27. The van der Waals surface area contributed by atoms with E-state index in [1.807, 2.05) is 18.4 Å².